The van der Waals surface area contributed by atoms with Gasteiger partial charge < -0.3 is 14.0 Å². The molecular weight excluding hydrogens is 452 g/mol. The quantitative estimate of drug-likeness (QED) is 0.281. The molecule has 0 saturated carbocycles. The molecule has 0 spiro atoms. The molecule has 0 bridgehead atoms. The highest BCUT2D eigenvalue weighted by Gasteiger charge is 2.53. The van der Waals surface area contributed by atoms with Gasteiger partial charge in [-0.1, -0.05) is 112 Å². The maximum atomic E-state index is 13.3. The summed E-state index contributed by atoms with van der Waals surface area (Å²) in [4.78, 5) is 25.6. The number of hydrogen-bond acceptors (Lipinski definition) is 4. The molecule has 0 amide bonds. The molecule has 3 aromatic carbocycles. The van der Waals surface area contributed by atoms with E-state index < -0.39 is 26.3 Å². The molecule has 0 aromatic heterocycles. The first kappa shape index (κ1) is 26.6. The molecule has 3 rings (SSSR count). The summed E-state index contributed by atoms with van der Waals surface area (Å²) in [5.74, 6) is -1.24. The molecule has 2 atom stereocenters. The van der Waals surface area contributed by atoms with Crippen LogP contribution in [0.25, 0.3) is 0 Å². The Kier molecular flexibility index (Phi) is 8.81. The summed E-state index contributed by atoms with van der Waals surface area (Å²) >= 11 is 0. The lowest BCUT2D eigenvalue weighted by atomic mass is 9.91. The van der Waals surface area contributed by atoms with E-state index in [1.54, 1.807) is 6.92 Å². The zero-order valence-corrected chi connectivity index (χ0v) is 22.4. The fourth-order valence-corrected chi connectivity index (χ4v) is 9.48. The number of hydrogen-bond donors (Lipinski definition) is 0. The molecule has 4 nitrogen and oxygen atoms in total. The summed E-state index contributed by atoms with van der Waals surface area (Å²) in [6.45, 7) is 10.1. The number of esters is 1. The minimum absolute atomic E-state index is 0.0522. The SMILES string of the molecule is CCOC(=O)[C@H](CC(C)=O)[C@@H](O[Si](c1ccccc1)(c1ccccc1)C(C)(C)C)c1ccccc1. The molecule has 3 aromatic rings. The number of benzene rings is 3. The molecule has 0 radical (unpaired) electrons. The lowest BCUT2D eigenvalue weighted by Gasteiger charge is -2.46. The van der Waals surface area contributed by atoms with Gasteiger partial charge in [-0.3, -0.25) is 4.79 Å². The van der Waals surface area contributed by atoms with Crippen molar-refractivity contribution in [3.63, 3.8) is 0 Å². The molecule has 0 N–H and O–H groups in total. The number of ether oxygens (including phenoxy) is 1. The standard InChI is InChI=1S/C30H36O4Si/c1-6-33-29(32)27(22-23(2)31)28(24-16-10-7-11-17-24)34-35(30(3,4)5,25-18-12-8-13-19-25)26-20-14-9-15-21-26/h7-21,27-28H,6,22H2,1-5H3/t27-,28+/m1/s1. The molecule has 0 aliphatic heterocycles. The molecule has 35 heavy (non-hydrogen) atoms. The second-order valence-corrected chi connectivity index (χ2v) is 14.1. The summed E-state index contributed by atoms with van der Waals surface area (Å²) < 4.78 is 12.8. The minimum Gasteiger partial charge on any atom is -0.466 e. The molecule has 0 fully saturated rings. The maximum absolute atomic E-state index is 13.3. The Morgan fingerprint density at radius 2 is 1.26 bits per heavy atom. The summed E-state index contributed by atoms with van der Waals surface area (Å²) in [6.07, 6.45) is -0.596. The first-order valence-electron chi connectivity index (χ1n) is 12.2. The number of Topliss-reactive ketones (excluding diaryl/α,β-unsaturated/α-hetero) is 1. The van der Waals surface area contributed by atoms with Crippen molar-refractivity contribution in [1.29, 1.82) is 0 Å². The molecule has 0 heterocycles. The Bertz CT molecular complexity index is 1050. The van der Waals surface area contributed by atoms with Crippen LogP contribution in [0.4, 0.5) is 0 Å². The van der Waals surface area contributed by atoms with Gasteiger partial charge >= 0.3 is 5.97 Å². The Morgan fingerprint density at radius 1 is 0.800 bits per heavy atom. The van der Waals surface area contributed by atoms with Crippen LogP contribution < -0.4 is 10.4 Å². The smallest absolute Gasteiger partial charge is 0.312 e. The monoisotopic (exact) mass is 488 g/mol. The zero-order valence-electron chi connectivity index (χ0n) is 21.4. The van der Waals surface area contributed by atoms with Crippen LogP contribution in [0, 0.1) is 5.92 Å². The predicted molar refractivity (Wildman–Crippen MR) is 143 cm³/mol. The van der Waals surface area contributed by atoms with Gasteiger partial charge in [0, 0.05) is 6.42 Å². The van der Waals surface area contributed by atoms with Crippen LogP contribution in [-0.4, -0.2) is 26.7 Å². The average molecular weight is 489 g/mol. The highest BCUT2D eigenvalue weighted by Crippen LogP contribution is 2.42. The van der Waals surface area contributed by atoms with Gasteiger partial charge in [-0.15, -0.1) is 0 Å². The first-order valence-corrected chi connectivity index (χ1v) is 14.1. The van der Waals surface area contributed by atoms with Gasteiger partial charge in [-0.25, -0.2) is 0 Å². The van der Waals surface area contributed by atoms with E-state index in [1.165, 1.54) is 6.92 Å². The van der Waals surface area contributed by atoms with E-state index in [0.717, 1.165) is 15.9 Å². The van der Waals surface area contributed by atoms with E-state index in [0.29, 0.717) is 0 Å². The van der Waals surface area contributed by atoms with Crippen LogP contribution in [0.5, 0.6) is 0 Å². The summed E-state index contributed by atoms with van der Waals surface area (Å²) in [5, 5.41) is 1.95. The Balaban J connectivity index is 2.30. The van der Waals surface area contributed by atoms with Crippen LogP contribution in [0.15, 0.2) is 91.0 Å². The normalized spacial score (nSPS) is 13.6. The molecular formula is C30H36O4Si. The topological polar surface area (TPSA) is 52.6 Å². The lowest BCUT2D eigenvalue weighted by molar-refractivity contribution is -0.153. The summed E-state index contributed by atoms with van der Waals surface area (Å²) in [5.41, 5.74) is 0.861. The summed E-state index contributed by atoms with van der Waals surface area (Å²) in [6, 6.07) is 30.4. The van der Waals surface area contributed by atoms with Gasteiger partial charge in [0.15, 0.2) is 0 Å². The van der Waals surface area contributed by atoms with E-state index in [-0.39, 0.29) is 23.8 Å². The van der Waals surface area contributed by atoms with Crippen LogP contribution in [0.2, 0.25) is 5.04 Å². The van der Waals surface area contributed by atoms with Crippen molar-refractivity contribution in [2.75, 3.05) is 6.61 Å². The van der Waals surface area contributed by atoms with E-state index >= 15 is 0 Å². The largest absolute Gasteiger partial charge is 0.466 e. The second-order valence-electron chi connectivity index (χ2n) is 9.88. The zero-order chi connectivity index (χ0) is 25.5. The van der Waals surface area contributed by atoms with Crippen molar-refractivity contribution in [3.05, 3.63) is 96.6 Å². The van der Waals surface area contributed by atoms with Crippen molar-refractivity contribution in [3.8, 4) is 0 Å². The van der Waals surface area contributed by atoms with E-state index in [9.17, 15) is 9.59 Å². The van der Waals surface area contributed by atoms with Gasteiger partial charge in [-0.2, -0.15) is 0 Å². The predicted octanol–water partition coefficient (Wildman–Crippen LogP) is 5.46. The van der Waals surface area contributed by atoms with Crippen molar-refractivity contribution < 1.29 is 18.8 Å². The van der Waals surface area contributed by atoms with Gasteiger partial charge in [0.25, 0.3) is 8.32 Å². The third-order valence-corrected chi connectivity index (χ3v) is 11.3. The molecule has 0 saturated heterocycles. The molecule has 0 aliphatic carbocycles. The summed E-state index contributed by atoms with van der Waals surface area (Å²) in [7, 11) is -3.00. The number of carbonyl (C=O) groups is 2. The van der Waals surface area contributed by atoms with Crippen molar-refractivity contribution >= 4 is 30.4 Å². The minimum atomic E-state index is -3.00. The van der Waals surface area contributed by atoms with Crippen molar-refractivity contribution in [2.45, 2.75) is 52.2 Å². The highest BCUT2D eigenvalue weighted by molar-refractivity contribution is 6.99. The number of ketones is 1. The second kappa shape index (κ2) is 11.6. The van der Waals surface area contributed by atoms with E-state index in [4.69, 9.17) is 9.16 Å². The maximum Gasteiger partial charge on any atom is 0.312 e. The first-order chi connectivity index (χ1) is 16.7. The third-order valence-electron chi connectivity index (χ3n) is 6.31. The molecule has 184 valence electrons. The molecule has 0 unspecified atom stereocenters. The van der Waals surface area contributed by atoms with Gasteiger partial charge in [0.2, 0.25) is 0 Å². The van der Waals surface area contributed by atoms with E-state index in [2.05, 4.69) is 45.0 Å². The van der Waals surface area contributed by atoms with Gasteiger partial charge in [0.05, 0.1) is 18.6 Å². The number of rotatable bonds is 10. The molecule has 0 aliphatic rings. The average Bonchev–Trinajstić information content (AvgIpc) is 2.84. The fraction of sp³-hybridized carbons (Fsp3) is 0.333. The van der Waals surface area contributed by atoms with Crippen LogP contribution in [0.1, 0.15) is 52.7 Å². The Labute approximate surface area is 210 Å². The molecule has 5 heteroatoms. The van der Waals surface area contributed by atoms with Gasteiger partial charge in [0.1, 0.15) is 5.78 Å². The van der Waals surface area contributed by atoms with Crippen LogP contribution in [0.3, 0.4) is 0 Å². The van der Waals surface area contributed by atoms with Crippen LogP contribution >= 0.6 is 0 Å². The van der Waals surface area contributed by atoms with Crippen molar-refractivity contribution in [1.82, 2.24) is 0 Å². The number of carbonyl (C=O) groups excluding carboxylic acids is 2. The Hall–Kier alpha value is -3.02. The lowest BCUT2D eigenvalue weighted by Crippen LogP contribution is -2.67. The third kappa shape index (κ3) is 5.98. The highest BCUT2D eigenvalue weighted by atomic mass is 28.4. The fourth-order valence-electron chi connectivity index (χ4n) is 4.78. The van der Waals surface area contributed by atoms with Crippen LogP contribution in [-0.2, 0) is 18.8 Å². The van der Waals surface area contributed by atoms with Gasteiger partial charge in [-0.05, 0) is 34.8 Å². The van der Waals surface area contributed by atoms with E-state index in [1.807, 2.05) is 66.7 Å². The Morgan fingerprint density at radius 3 is 1.66 bits per heavy atom. The van der Waals surface area contributed by atoms with Crippen molar-refractivity contribution in [2.24, 2.45) is 5.92 Å².